The Balaban J connectivity index is 2.09. The van der Waals surface area contributed by atoms with Gasteiger partial charge in [-0.15, -0.1) is 0 Å². The average Bonchev–Trinajstić information content (AvgIpc) is 2.92. The molecule has 1 unspecified atom stereocenters. The van der Waals surface area contributed by atoms with Gasteiger partial charge in [0.15, 0.2) is 5.79 Å². The number of hydrogen-bond acceptors (Lipinski definition) is 5. The van der Waals surface area contributed by atoms with E-state index in [1.807, 2.05) is 6.92 Å². The fourth-order valence-corrected chi connectivity index (χ4v) is 3.26. The summed E-state index contributed by atoms with van der Waals surface area (Å²) in [5, 5.41) is 9.21. The van der Waals surface area contributed by atoms with E-state index >= 15 is 0 Å². The third kappa shape index (κ3) is 3.96. The van der Waals surface area contributed by atoms with E-state index in [4.69, 9.17) is 14.2 Å². The Morgan fingerprint density at radius 3 is 2.73 bits per heavy atom. The summed E-state index contributed by atoms with van der Waals surface area (Å²) in [5.74, 6) is -0.673. The highest BCUT2D eigenvalue weighted by atomic mass is 16.7. The van der Waals surface area contributed by atoms with E-state index < -0.39 is 5.79 Å². The summed E-state index contributed by atoms with van der Waals surface area (Å²) >= 11 is 0. The van der Waals surface area contributed by atoms with Crippen molar-refractivity contribution in [3.05, 3.63) is 23.3 Å². The zero-order valence-corrected chi connectivity index (χ0v) is 13.3. The molecule has 0 aromatic rings. The normalized spacial score (nSPS) is 25.6. The fraction of sp³-hybridized carbons (Fsp3) is 0.647. The lowest BCUT2D eigenvalue weighted by Crippen LogP contribution is -2.38. The Hall–Kier alpha value is -1.64. The van der Waals surface area contributed by atoms with E-state index in [0.29, 0.717) is 19.6 Å². The highest BCUT2D eigenvalue weighted by molar-refractivity contribution is 5.66. The minimum atomic E-state index is -0.508. The molecule has 1 spiro atoms. The van der Waals surface area contributed by atoms with Crippen LogP contribution in [0.2, 0.25) is 0 Å². The number of allylic oxidation sites excluding steroid dienone is 2. The molecule has 2 rings (SSSR count). The van der Waals surface area contributed by atoms with Crippen LogP contribution in [0.25, 0.3) is 0 Å². The first-order chi connectivity index (χ1) is 10.5. The van der Waals surface area contributed by atoms with Gasteiger partial charge >= 0.3 is 5.97 Å². The smallest absolute Gasteiger partial charge is 0.302 e. The molecule has 0 aromatic heterocycles. The van der Waals surface area contributed by atoms with Gasteiger partial charge in [-0.1, -0.05) is 12.2 Å². The molecule has 0 radical (unpaired) electrons. The maximum Gasteiger partial charge on any atom is 0.302 e. The molecule has 1 saturated carbocycles. The minimum Gasteiger partial charge on any atom is -0.461 e. The number of hydrogen-bond donors (Lipinski definition) is 0. The van der Waals surface area contributed by atoms with E-state index in [0.717, 1.165) is 36.0 Å². The second kappa shape index (κ2) is 7.08. The molecule has 1 aliphatic heterocycles. The molecule has 120 valence electrons. The Labute approximate surface area is 131 Å². The first kappa shape index (κ1) is 16.7. The van der Waals surface area contributed by atoms with Gasteiger partial charge in [0.1, 0.15) is 6.61 Å². The van der Waals surface area contributed by atoms with Crippen LogP contribution in [0.15, 0.2) is 23.3 Å². The highest BCUT2D eigenvalue weighted by Crippen LogP contribution is 2.44. The van der Waals surface area contributed by atoms with Crippen LogP contribution in [0.4, 0.5) is 0 Å². The van der Waals surface area contributed by atoms with E-state index in [9.17, 15) is 10.1 Å². The summed E-state index contributed by atoms with van der Waals surface area (Å²) in [6, 6.07) is 2.25. The summed E-state index contributed by atoms with van der Waals surface area (Å²) in [6.07, 6.45) is 2.98. The number of esters is 1. The minimum absolute atomic E-state index is 0.148. The highest BCUT2D eigenvalue weighted by Gasteiger charge is 2.43. The summed E-state index contributed by atoms with van der Waals surface area (Å²) in [6.45, 7) is 8.69. The lowest BCUT2D eigenvalue weighted by molar-refractivity contribution is -0.179. The van der Waals surface area contributed by atoms with Crippen LogP contribution >= 0.6 is 0 Å². The molecule has 0 bridgehead atoms. The van der Waals surface area contributed by atoms with Crippen molar-refractivity contribution < 1.29 is 19.0 Å². The Bertz CT molecular complexity index is 523. The molecule has 1 saturated heterocycles. The number of nitriles is 1. The fourth-order valence-electron chi connectivity index (χ4n) is 3.26. The second-order valence-electron chi connectivity index (χ2n) is 6.01. The van der Waals surface area contributed by atoms with Crippen molar-refractivity contribution in [1.29, 1.82) is 5.26 Å². The molecule has 2 fully saturated rings. The maximum atomic E-state index is 10.9. The lowest BCUT2D eigenvalue weighted by atomic mass is 9.76. The molecule has 2 aliphatic rings. The number of ether oxygens (including phenoxy) is 3. The van der Waals surface area contributed by atoms with Gasteiger partial charge in [0.2, 0.25) is 0 Å². The molecule has 22 heavy (non-hydrogen) atoms. The van der Waals surface area contributed by atoms with Crippen LogP contribution in [0.3, 0.4) is 0 Å². The van der Waals surface area contributed by atoms with Crippen molar-refractivity contribution in [2.45, 2.75) is 45.3 Å². The third-order valence-electron chi connectivity index (χ3n) is 4.30. The van der Waals surface area contributed by atoms with Crippen LogP contribution in [0.1, 0.15) is 39.5 Å². The van der Waals surface area contributed by atoms with Crippen molar-refractivity contribution in [3.63, 3.8) is 0 Å². The molecule has 1 atom stereocenters. The molecular weight excluding hydrogens is 282 g/mol. The average molecular weight is 305 g/mol. The predicted octanol–water partition coefficient (Wildman–Crippen LogP) is 2.88. The molecule has 0 amide bonds. The first-order valence-corrected chi connectivity index (χ1v) is 7.63. The van der Waals surface area contributed by atoms with Gasteiger partial charge in [0.25, 0.3) is 0 Å². The Kier molecular flexibility index (Phi) is 5.38. The van der Waals surface area contributed by atoms with Gasteiger partial charge in [0.05, 0.1) is 19.3 Å². The number of carbonyl (C=O) groups is 1. The molecule has 5 heteroatoms. The van der Waals surface area contributed by atoms with E-state index in [1.165, 1.54) is 6.92 Å². The van der Waals surface area contributed by atoms with E-state index in [1.54, 1.807) is 0 Å². The summed E-state index contributed by atoms with van der Waals surface area (Å²) in [4.78, 5) is 10.9. The maximum absolute atomic E-state index is 10.9. The topological polar surface area (TPSA) is 68.6 Å². The van der Waals surface area contributed by atoms with Gasteiger partial charge in [-0.2, -0.15) is 5.26 Å². The molecule has 1 aliphatic carbocycles. The molecular formula is C17H23NO4. The van der Waals surface area contributed by atoms with Crippen LogP contribution in [-0.2, 0) is 19.0 Å². The van der Waals surface area contributed by atoms with Crippen LogP contribution in [-0.4, -0.2) is 31.6 Å². The predicted molar refractivity (Wildman–Crippen MR) is 80.7 cm³/mol. The second-order valence-corrected chi connectivity index (χ2v) is 6.01. The summed E-state index contributed by atoms with van der Waals surface area (Å²) < 4.78 is 16.6. The largest absolute Gasteiger partial charge is 0.461 e. The van der Waals surface area contributed by atoms with Crippen molar-refractivity contribution in [3.8, 4) is 6.07 Å². The van der Waals surface area contributed by atoms with Crippen molar-refractivity contribution in [2.75, 3.05) is 19.8 Å². The van der Waals surface area contributed by atoms with Crippen LogP contribution in [0.5, 0.6) is 0 Å². The number of rotatable bonds is 4. The van der Waals surface area contributed by atoms with Gasteiger partial charge in [-0.05, 0) is 31.3 Å². The Morgan fingerprint density at radius 1 is 1.45 bits per heavy atom. The quantitative estimate of drug-likeness (QED) is 0.454. The number of nitrogens with zero attached hydrogens (tertiary/aromatic N) is 1. The summed E-state index contributed by atoms with van der Waals surface area (Å²) in [7, 11) is 0. The SMILES string of the molecule is C=C(COC(C)=O)CC1CC2(CC/C1=C(\C)C#N)OCCO2. The van der Waals surface area contributed by atoms with Gasteiger partial charge < -0.3 is 14.2 Å². The number of carbonyl (C=O) groups excluding carboxylic acids is 1. The van der Waals surface area contributed by atoms with Crippen molar-refractivity contribution in [2.24, 2.45) is 5.92 Å². The molecule has 1 heterocycles. The van der Waals surface area contributed by atoms with Gasteiger partial charge in [-0.25, -0.2) is 0 Å². The first-order valence-electron chi connectivity index (χ1n) is 7.63. The van der Waals surface area contributed by atoms with Gasteiger partial charge in [-0.3, -0.25) is 4.79 Å². The van der Waals surface area contributed by atoms with Crippen molar-refractivity contribution >= 4 is 5.97 Å². The zero-order valence-electron chi connectivity index (χ0n) is 13.3. The van der Waals surface area contributed by atoms with Gasteiger partial charge in [0, 0.05) is 25.3 Å². The zero-order chi connectivity index (χ0) is 16.2. The van der Waals surface area contributed by atoms with Crippen LogP contribution in [0, 0.1) is 17.2 Å². The van der Waals surface area contributed by atoms with Crippen LogP contribution < -0.4 is 0 Å². The lowest BCUT2D eigenvalue weighted by Gasteiger charge is -2.38. The Morgan fingerprint density at radius 2 is 2.14 bits per heavy atom. The van der Waals surface area contributed by atoms with E-state index in [-0.39, 0.29) is 18.5 Å². The van der Waals surface area contributed by atoms with Crippen molar-refractivity contribution in [1.82, 2.24) is 0 Å². The monoisotopic (exact) mass is 305 g/mol. The molecule has 5 nitrogen and oxygen atoms in total. The third-order valence-corrected chi connectivity index (χ3v) is 4.30. The molecule has 0 aromatic carbocycles. The standard InChI is InChI=1S/C17H23NO4/c1-12(11-20-14(3)19)8-15-9-17(21-6-7-22-17)5-4-16(15)13(2)10-18/h15H,1,4-9,11H2,2-3H3/b16-13-. The molecule has 0 N–H and O–H groups in total. The van der Waals surface area contributed by atoms with E-state index in [2.05, 4.69) is 12.6 Å². The summed E-state index contributed by atoms with van der Waals surface area (Å²) in [5.41, 5.74) is 2.76.